The third-order valence-electron chi connectivity index (χ3n) is 4.81. The van der Waals surface area contributed by atoms with Gasteiger partial charge < -0.3 is 10.6 Å². The highest BCUT2D eigenvalue weighted by molar-refractivity contribution is 8.00. The molecule has 2 heterocycles. The standard InChI is InChI=1S/C24H22N4O2S2/c1-3-20(22(30)28-18-11-9-17(10-12-18)27-15(2)29)32-24-21-19(16-7-5-4-6-8-16)13-31-23(21)25-14-26-24/h4-14,20H,3H2,1-2H3,(H,27,29)(H,28,30). The quantitative estimate of drug-likeness (QED) is 0.267. The smallest absolute Gasteiger partial charge is 0.237 e. The Morgan fingerprint density at radius 1 is 1.00 bits per heavy atom. The molecule has 0 aliphatic carbocycles. The summed E-state index contributed by atoms with van der Waals surface area (Å²) in [5.41, 5.74) is 3.55. The number of hydrogen-bond acceptors (Lipinski definition) is 6. The molecule has 2 amide bonds. The van der Waals surface area contributed by atoms with Crippen molar-refractivity contribution in [1.29, 1.82) is 0 Å². The Morgan fingerprint density at radius 3 is 2.34 bits per heavy atom. The van der Waals surface area contributed by atoms with Gasteiger partial charge in [-0.1, -0.05) is 49.0 Å². The highest BCUT2D eigenvalue weighted by atomic mass is 32.2. The highest BCUT2D eigenvalue weighted by Crippen LogP contribution is 2.39. The number of benzene rings is 2. The summed E-state index contributed by atoms with van der Waals surface area (Å²) in [7, 11) is 0. The van der Waals surface area contributed by atoms with Crippen LogP contribution in [-0.2, 0) is 9.59 Å². The molecular weight excluding hydrogens is 440 g/mol. The van der Waals surface area contributed by atoms with E-state index in [-0.39, 0.29) is 17.1 Å². The molecule has 0 aliphatic heterocycles. The van der Waals surface area contributed by atoms with E-state index in [4.69, 9.17) is 0 Å². The fourth-order valence-corrected chi connectivity index (χ4v) is 5.30. The van der Waals surface area contributed by atoms with Crippen LogP contribution in [0.3, 0.4) is 0 Å². The van der Waals surface area contributed by atoms with Crippen LogP contribution in [0.25, 0.3) is 21.3 Å². The van der Waals surface area contributed by atoms with E-state index in [2.05, 4.69) is 38.1 Å². The molecule has 162 valence electrons. The van der Waals surface area contributed by atoms with Gasteiger partial charge >= 0.3 is 0 Å². The minimum atomic E-state index is -0.313. The van der Waals surface area contributed by atoms with Crippen LogP contribution in [0.15, 0.2) is 71.3 Å². The molecule has 0 saturated carbocycles. The fraction of sp³-hybridized carbons (Fsp3) is 0.167. The van der Waals surface area contributed by atoms with Gasteiger partial charge in [-0.2, -0.15) is 0 Å². The third-order valence-corrected chi connectivity index (χ3v) is 7.06. The zero-order valence-corrected chi connectivity index (χ0v) is 19.3. The van der Waals surface area contributed by atoms with E-state index in [0.29, 0.717) is 17.8 Å². The lowest BCUT2D eigenvalue weighted by molar-refractivity contribution is -0.116. The zero-order chi connectivity index (χ0) is 22.5. The third kappa shape index (κ3) is 4.98. The Balaban J connectivity index is 1.55. The van der Waals surface area contributed by atoms with E-state index in [1.165, 1.54) is 18.7 Å². The van der Waals surface area contributed by atoms with Crippen LogP contribution in [0.4, 0.5) is 11.4 Å². The van der Waals surface area contributed by atoms with Crippen molar-refractivity contribution in [1.82, 2.24) is 9.97 Å². The van der Waals surface area contributed by atoms with Crippen LogP contribution in [0.1, 0.15) is 20.3 Å². The summed E-state index contributed by atoms with van der Waals surface area (Å²) in [6.45, 7) is 3.45. The van der Waals surface area contributed by atoms with Gasteiger partial charge in [0, 0.05) is 29.2 Å². The molecule has 1 atom stereocenters. The van der Waals surface area contributed by atoms with Crippen molar-refractivity contribution >= 4 is 56.5 Å². The van der Waals surface area contributed by atoms with Crippen molar-refractivity contribution in [3.63, 3.8) is 0 Å². The van der Waals surface area contributed by atoms with Gasteiger partial charge in [0.15, 0.2) is 0 Å². The van der Waals surface area contributed by atoms with Crippen molar-refractivity contribution in [2.45, 2.75) is 30.5 Å². The Hall–Kier alpha value is -3.23. The molecule has 4 rings (SSSR count). The summed E-state index contributed by atoms with van der Waals surface area (Å²) in [4.78, 5) is 34.0. The number of thiophene rings is 1. The molecule has 32 heavy (non-hydrogen) atoms. The molecule has 2 N–H and O–H groups in total. The van der Waals surface area contributed by atoms with Crippen molar-refractivity contribution in [3.8, 4) is 11.1 Å². The van der Waals surface area contributed by atoms with Crippen molar-refractivity contribution in [3.05, 3.63) is 66.3 Å². The lowest BCUT2D eigenvalue weighted by Gasteiger charge is -2.15. The molecule has 0 spiro atoms. The number of carbonyl (C=O) groups excluding carboxylic acids is 2. The number of carbonyl (C=O) groups is 2. The van der Waals surface area contributed by atoms with Crippen LogP contribution >= 0.6 is 23.1 Å². The normalized spacial score (nSPS) is 11.8. The average molecular weight is 463 g/mol. The lowest BCUT2D eigenvalue weighted by atomic mass is 10.1. The fourth-order valence-electron chi connectivity index (χ4n) is 3.29. The van der Waals surface area contributed by atoms with E-state index in [1.54, 1.807) is 41.9 Å². The zero-order valence-electron chi connectivity index (χ0n) is 17.7. The Morgan fingerprint density at radius 2 is 1.69 bits per heavy atom. The van der Waals surface area contributed by atoms with Gasteiger partial charge in [0.05, 0.1) is 10.6 Å². The van der Waals surface area contributed by atoms with Crippen LogP contribution in [0.2, 0.25) is 0 Å². The summed E-state index contributed by atoms with van der Waals surface area (Å²) >= 11 is 3.04. The SMILES string of the molecule is CCC(Sc1ncnc2scc(-c3ccccc3)c12)C(=O)Nc1ccc(NC(C)=O)cc1. The Labute approximate surface area is 194 Å². The second-order valence-electron chi connectivity index (χ2n) is 7.14. The first-order chi connectivity index (χ1) is 15.5. The molecule has 2 aromatic carbocycles. The minimum absolute atomic E-state index is 0.0898. The number of nitrogens with zero attached hydrogens (tertiary/aromatic N) is 2. The molecule has 0 bridgehead atoms. The number of amides is 2. The Kier molecular flexibility index (Phi) is 6.82. The van der Waals surface area contributed by atoms with E-state index in [0.717, 1.165) is 26.4 Å². The largest absolute Gasteiger partial charge is 0.326 e. The van der Waals surface area contributed by atoms with Gasteiger partial charge in [0.25, 0.3) is 0 Å². The first-order valence-corrected chi connectivity index (χ1v) is 11.9. The number of anilines is 2. The molecule has 1 unspecified atom stereocenters. The number of fused-ring (bicyclic) bond motifs is 1. The van der Waals surface area contributed by atoms with Crippen molar-refractivity contribution in [2.75, 3.05) is 10.6 Å². The monoisotopic (exact) mass is 462 g/mol. The molecule has 2 aromatic heterocycles. The molecule has 0 radical (unpaired) electrons. The van der Waals surface area contributed by atoms with Gasteiger partial charge in [-0.05, 0) is 36.2 Å². The molecule has 8 heteroatoms. The second kappa shape index (κ2) is 9.93. The van der Waals surface area contributed by atoms with Gasteiger partial charge in [0.1, 0.15) is 16.2 Å². The average Bonchev–Trinajstić information content (AvgIpc) is 3.24. The highest BCUT2D eigenvalue weighted by Gasteiger charge is 2.22. The number of thioether (sulfide) groups is 1. The number of hydrogen-bond donors (Lipinski definition) is 2. The summed E-state index contributed by atoms with van der Waals surface area (Å²) in [5.74, 6) is -0.225. The van der Waals surface area contributed by atoms with Crippen LogP contribution in [-0.4, -0.2) is 27.0 Å². The number of nitrogens with one attached hydrogen (secondary N) is 2. The van der Waals surface area contributed by atoms with Gasteiger partial charge in [0.2, 0.25) is 11.8 Å². The molecule has 6 nitrogen and oxygen atoms in total. The van der Waals surface area contributed by atoms with E-state index >= 15 is 0 Å². The molecular formula is C24H22N4O2S2. The summed E-state index contributed by atoms with van der Waals surface area (Å²) in [6.07, 6.45) is 2.21. The predicted molar refractivity (Wildman–Crippen MR) is 132 cm³/mol. The maximum absolute atomic E-state index is 13.0. The molecule has 0 saturated heterocycles. The van der Waals surface area contributed by atoms with Gasteiger partial charge in [-0.15, -0.1) is 11.3 Å². The van der Waals surface area contributed by atoms with Crippen molar-refractivity contribution in [2.24, 2.45) is 0 Å². The van der Waals surface area contributed by atoms with Gasteiger partial charge in [-0.25, -0.2) is 9.97 Å². The van der Waals surface area contributed by atoms with Crippen molar-refractivity contribution < 1.29 is 9.59 Å². The van der Waals surface area contributed by atoms with Crippen LogP contribution < -0.4 is 10.6 Å². The van der Waals surface area contributed by atoms with E-state index in [1.807, 2.05) is 25.1 Å². The van der Waals surface area contributed by atoms with E-state index < -0.39 is 0 Å². The predicted octanol–water partition coefficient (Wildman–Crippen LogP) is 5.83. The maximum Gasteiger partial charge on any atom is 0.237 e. The summed E-state index contributed by atoms with van der Waals surface area (Å²) < 4.78 is 0. The number of aromatic nitrogens is 2. The lowest BCUT2D eigenvalue weighted by Crippen LogP contribution is -2.24. The second-order valence-corrected chi connectivity index (χ2v) is 9.19. The Bertz CT molecular complexity index is 1240. The maximum atomic E-state index is 13.0. The number of rotatable bonds is 7. The summed E-state index contributed by atoms with van der Waals surface area (Å²) in [6, 6.07) is 17.2. The molecule has 0 aliphatic rings. The van der Waals surface area contributed by atoms with Crippen LogP contribution in [0.5, 0.6) is 0 Å². The molecule has 0 fully saturated rings. The first-order valence-electron chi connectivity index (χ1n) is 10.2. The summed E-state index contributed by atoms with van der Waals surface area (Å²) in [5, 5.41) is 9.25. The first kappa shape index (κ1) is 22.0. The minimum Gasteiger partial charge on any atom is -0.326 e. The topological polar surface area (TPSA) is 84.0 Å². The van der Waals surface area contributed by atoms with Gasteiger partial charge in [-0.3, -0.25) is 9.59 Å². The molecule has 4 aromatic rings. The van der Waals surface area contributed by atoms with Crippen LogP contribution in [0, 0.1) is 0 Å². The van der Waals surface area contributed by atoms with E-state index in [9.17, 15) is 9.59 Å².